The van der Waals surface area contributed by atoms with E-state index in [2.05, 4.69) is 0 Å². The van der Waals surface area contributed by atoms with Gasteiger partial charge >= 0.3 is 23.7 Å². The van der Waals surface area contributed by atoms with Crippen LogP contribution in [0.15, 0.2) is 84.9 Å². The molecule has 1 fully saturated rings. The number of para-hydroxylation sites is 1. The molecular formula is C33H35NO10. The van der Waals surface area contributed by atoms with Crippen molar-refractivity contribution in [3.8, 4) is 11.5 Å². The summed E-state index contributed by atoms with van der Waals surface area (Å²) in [5, 5.41) is 29.0. The predicted molar refractivity (Wildman–Crippen MR) is 157 cm³/mol. The summed E-state index contributed by atoms with van der Waals surface area (Å²) in [7, 11) is 0. The molecule has 0 saturated carbocycles. The fourth-order valence-corrected chi connectivity index (χ4v) is 5.37. The highest BCUT2D eigenvalue weighted by molar-refractivity contribution is 6.01. The van der Waals surface area contributed by atoms with Gasteiger partial charge in [0.25, 0.3) is 5.91 Å². The molecule has 3 aromatic carbocycles. The van der Waals surface area contributed by atoms with Crippen LogP contribution in [-0.2, 0) is 35.1 Å². The van der Waals surface area contributed by atoms with E-state index in [1.54, 1.807) is 26.0 Å². The number of carbonyl (C=O) groups excluding carboxylic acids is 1. The van der Waals surface area contributed by atoms with Crippen molar-refractivity contribution < 1.29 is 48.7 Å². The summed E-state index contributed by atoms with van der Waals surface area (Å²) in [6, 6.07) is 25.5. The van der Waals surface area contributed by atoms with Gasteiger partial charge < -0.3 is 34.4 Å². The first-order valence-electron chi connectivity index (χ1n) is 14.3. The van der Waals surface area contributed by atoms with E-state index in [0.717, 1.165) is 16.0 Å². The van der Waals surface area contributed by atoms with E-state index >= 15 is 0 Å². The maximum atomic E-state index is 13.9. The number of nitrogens with zero attached hydrogens (tertiary/aromatic N) is 1. The van der Waals surface area contributed by atoms with Crippen LogP contribution in [0.4, 0.5) is 0 Å². The minimum absolute atomic E-state index is 0.0499. The minimum Gasteiger partial charge on any atom is -0.480 e. The Labute approximate surface area is 254 Å². The van der Waals surface area contributed by atoms with Gasteiger partial charge in [-0.1, -0.05) is 67.6 Å². The lowest BCUT2D eigenvalue weighted by Gasteiger charge is -2.36. The van der Waals surface area contributed by atoms with Crippen molar-refractivity contribution in [2.24, 2.45) is 0 Å². The zero-order valence-electron chi connectivity index (χ0n) is 24.4. The smallest absolute Gasteiger partial charge is 0.377 e. The standard InChI is InChI=1S/C33H35NO10/c1-3-27-29(44-33(43-27,31(38)39)32(40)41)30(37)34(20-28(35)36)21(2)26(19-14-22-10-6-4-7-11-22)23-15-17-25(18-16-23)42-24-12-8-5-9-13-24/h4-13,15-18,21,26-27,29H,3,14,19-20H2,1-2H3,(H,35,36)(H,38,39)(H,40,41)/t21-,26+,27+,29-/m1/s1. The quantitative estimate of drug-likeness (QED) is 0.222. The van der Waals surface area contributed by atoms with Crippen molar-refractivity contribution in [1.82, 2.24) is 4.90 Å². The first kappa shape index (κ1) is 32.2. The number of aliphatic carboxylic acids is 3. The van der Waals surface area contributed by atoms with Gasteiger partial charge in [0.05, 0.1) is 6.10 Å². The Morgan fingerprint density at radius 1 is 0.841 bits per heavy atom. The Morgan fingerprint density at radius 3 is 1.95 bits per heavy atom. The normalized spacial score (nSPS) is 18.6. The molecule has 0 radical (unpaired) electrons. The van der Waals surface area contributed by atoms with Crippen molar-refractivity contribution in [2.75, 3.05) is 6.54 Å². The molecular weight excluding hydrogens is 570 g/mol. The second-order valence-corrected chi connectivity index (χ2v) is 10.5. The summed E-state index contributed by atoms with van der Waals surface area (Å²) in [6.07, 6.45) is -1.68. The van der Waals surface area contributed by atoms with Crippen LogP contribution in [0.2, 0.25) is 0 Å². The highest BCUT2D eigenvalue weighted by atomic mass is 16.8. The van der Waals surface area contributed by atoms with E-state index in [1.165, 1.54) is 0 Å². The first-order chi connectivity index (χ1) is 21.1. The zero-order valence-corrected chi connectivity index (χ0v) is 24.4. The molecule has 4 atom stereocenters. The molecule has 0 spiro atoms. The zero-order chi connectivity index (χ0) is 31.9. The molecule has 0 unspecified atom stereocenters. The van der Waals surface area contributed by atoms with Gasteiger partial charge in [-0.3, -0.25) is 9.59 Å². The molecule has 1 amide bonds. The highest BCUT2D eigenvalue weighted by Gasteiger charge is 2.62. The molecule has 44 heavy (non-hydrogen) atoms. The summed E-state index contributed by atoms with van der Waals surface area (Å²) in [5.41, 5.74) is 1.87. The van der Waals surface area contributed by atoms with E-state index in [0.29, 0.717) is 24.3 Å². The van der Waals surface area contributed by atoms with Gasteiger partial charge in [-0.2, -0.15) is 0 Å². The topological polar surface area (TPSA) is 160 Å². The second-order valence-electron chi connectivity index (χ2n) is 10.5. The largest absolute Gasteiger partial charge is 0.480 e. The molecule has 1 aliphatic rings. The van der Waals surface area contributed by atoms with Crippen LogP contribution in [-0.4, -0.2) is 74.6 Å². The van der Waals surface area contributed by atoms with Gasteiger partial charge in [0, 0.05) is 12.0 Å². The van der Waals surface area contributed by atoms with E-state index in [-0.39, 0.29) is 12.3 Å². The Kier molecular flexibility index (Phi) is 10.4. The van der Waals surface area contributed by atoms with E-state index in [4.69, 9.17) is 14.2 Å². The maximum absolute atomic E-state index is 13.9. The summed E-state index contributed by atoms with van der Waals surface area (Å²) in [6.45, 7) is 2.57. The first-order valence-corrected chi connectivity index (χ1v) is 14.3. The molecule has 4 rings (SSSR count). The van der Waals surface area contributed by atoms with Gasteiger partial charge in [-0.05, 0) is 61.6 Å². The van der Waals surface area contributed by atoms with Crippen molar-refractivity contribution in [2.45, 2.75) is 63.1 Å². The molecule has 3 aromatic rings. The number of hydrogen-bond donors (Lipinski definition) is 3. The van der Waals surface area contributed by atoms with Crippen molar-refractivity contribution in [3.63, 3.8) is 0 Å². The lowest BCUT2D eigenvalue weighted by Crippen LogP contribution is -2.52. The fourth-order valence-electron chi connectivity index (χ4n) is 5.37. The number of ether oxygens (including phenoxy) is 3. The summed E-state index contributed by atoms with van der Waals surface area (Å²) >= 11 is 0. The van der Waals surface area contributed by atoms with Gasteiger partial charge in [0.1, 0.15) is 18.0 Å². The Bertz CT molecular complexity index is 1430. The minimum atomic E-state index is -3.08. The van der Waals surface area contributed by atoms with Crippen molar-refractivity contribution >= 4 is 23.8 Å². The van der Waals surface area contributed by atoms with E-state index in [1.807, 2.05) is 72.8 Å². The Balaban J connectivity index is 1.66. The van der Waals surface area contributed by atoms with Gasteiger partial charge in [-0.15, -0.1) is 0 Å². The highest BCUT2D eigenvalue weighted by Crippen LogP contribution is 2.36. The van der Waals surface area contributed by atoms with Crippen LogP contribution in [0.5, 0.6) is 11.5 Å². The van der Waals surface area contributed by atoms with Gasteiger partial charge in [0.2, 0.25) is 0 Å². The molecule has 1 heterocycles. The monoisotopic (exact) mass is 605 g/mol. The average molecular weight is 606 g/mol. The lowest BCUT2D eigenvalue weighted by atomic mass is 9.85. The van der Waals surface area contributed by atoms with Crippen LogP contribution in [0.25, 0.3) is 0 Å². The molecule has 11 heteroatoms. The summed E-state index contributed by atoms with van der Waals surface area (Å²) in [5.74, 6) is -8.22. The second kappa shape index (κ2) is 14.2. The number of carboxylic acid groups (broad SMARTS) is 3. The third-order valence-corrected chi connectivity index (χ3v) is 7.69. The number of benzene rings is 3. The van der Waals surface area contributed by atoms with Gasteiger partial charge in [-0.25, -0.2) is 9.59 Å². The van der Waals surface area contributed by atoms with Crippen LogP contribution in [0.1, 0.15) is 43.7 Å². The molecule has 0 bridgehead atoms. The van der Waals surface area contributed by atoms with Gasteiger partial charge in [0.15, 0.2) is 6.10 Å². The fraction of sp³-hybridized carbons (Fsp3) is 0.333. The molecule has 1 aliphatic heterocycles. The van der Waals surface area contributed by atoms with Crippen LogP contribution in [0, 0.1) is 0 Å². The number of carboxylic acids is 3. The molecule has 1 saturated heterocycles. The van der Waals surface area contributed by atoms with Crippen molar-refractivity contribution in [3.05, 3.63) is 96.1 Å². The van der Waals surface area contributed by atoms with E-state index < -0.39 is 54.4 Å². The summed E-state index contributed by atoms with van der Waals surface area (Å²) in [4.78, 5) is 50.8. The number of amides is 1. The molecule has 3 N–H and O–H groups in total. The predicted octanol–water partition coefficient (Wildman–Crippen LogP) is 4.56. The number of aryl methyl sites for hydroxylation is 1. The molecule has 232 valence electrons. The van der Waals surface area contributed by atoms with Crippen LogP contribution < -0.4 is 4.74 Å². The van der Waals surface area contributed by atoms with E-state index in [9.17, 15) is 34.5 Å². The number of rotatable bonds is 14. The maximum Gasteiger partial charge on any atom is 0.377 e. The molecule has 0 aliphatic carbocycles. The van der Waals surface area contributed by atoms with Crippen molar-refractivity contribution in [1.29, 1.82) is 0 Å². The molecule has 11 nitrogen and oxygen atoms in total. The number of carbonyl (C=O) groups is 4. The third kappa shape index (κ3) is 7.24. The van der Waals surface area contributed by atoms with Crippen LogP contribution >= 0.6 is 0 Å². The third-order valence-electron chi connectivity index (χ3n) is 7.69. The lowest BCUT2D eigenvalue weighted by molar-refractivity contribution is -0.220. The average Bonchev–Trinajstić information content (AvgIpc) is 3.43. The Morgan fingerprint density at radius 2 is 1.41 bits per heavy atom. The van der Waals surface area contributed by atoms with Crippen LogP contribution in [0.3, 0.4) is 0 Å². The Hall–Kier alpha value is -4.74. The number of hydrogen-bond acceptors (Lipinski definition) is 7. The molecule has 0 aromatic heterocycles. The summed E-state index contributed by atoms with van der Waals surface area (Å²) < 4.78 is 16.5. The SMILES string of the molecule is CC[C@@H]1OC(C(=O)O)(C(=O)O)O[C@H]1C(=O)N(CC(=O)O)[C@H](C)[C@H](CCc1ccccc1)c1ccc(Oc2ccccc2)cc1.